The van der Waals surface area contributed by atoms with Crippen LogP contribution in [0.1, 0.15) is 106 Å². The van der Waals surface area contributed by atoms with Crippen molar-refractivity contribution in [3.05, 3.63) is 0 Å². The molecule has 210 valence electrons. The molecule has 1 amide bonds. The van der Waals surface area contributed by atoms with Gasteiger partial charge in [0.1, 0.15) is 13.2 Å². The summed E-state index contributed by atoms with van der Waals surface area (Å²) < 4.78 is 25.1. The molecule has 1 N–H and O–H groups in total. The number of alkyl carbamates (subject to hydrolysis) is 1. The zero-order valence-electron chi connectivity index (χ0n) is 24.1. The molecule has 0 spiro atoms. The number of nitrogens with one attached hydrogen (secondary N) is 1. The summed E-state index contributed by atoms with van der Waals surface area (Å²) in [4.78, 5) is 12.4. The van der Waals surface area contributed by atoms with E-state index in [1.54, 1.807) is 0 Å². The number of hydrogen-bond acceptors (Lipinski definition) is 5. The van der Waals surface area contributed by atoms with E-state index in [0.717, 1.165) is 36.7 Å². The molecule has 0 aliphatic carbocycles. The lowest BCUT2D eigenvalue weighted by molar-refractivity contribution is -0.929. The number of unbranched alkanes of at least 4 members (excludes halogenated alkanes) is 3. The quantitative estimate of drug-likeness (QED) is 0.0843. The fourth-order valence-electron chi connectivity index (χ4n) is 4.14. The van der Waals surface area contributed by atoms with Gasteiger partial charge in [-0.2, -0.15) is 0 Å². The van der Waals surface area contributed by atoms with E-state index in [-0.39, 0.29) is 6.09 Å². The molecule has 7 nitrogen and oxygen atoms in total. The van der Waals surface area contributed by atoms with Gasteiger partial charge in [0.05, 0.1) is 19.6 Å². The first-order chi connectivity index (χ1) is 17.0. The fraction of sp³-hybridized carbons (Fsp3) is 0.963. The highest BCUT2D eigenvalue weighted by atomic mass is 28.4. The normalized spacial score (nSPS) is 12.2. The number of carbonyl (C=O) groups excluding carboxylic acids is 1. The minimum absolute atomic E-state index is 0.324. The number of amides is 1. The molecule has 0 aromatic carbocycles. The third kappa shape index (κ3) is 16.6. The van der Waals surface area contributed by atoms with Crippen molar-refractivity contribution in [1.82, 2.24) is 5.32 Å². The number of nitrogens with zero attached hydrogens (tertiary/aromatic N) is 1. The van der Waals surface area contributed by atoms with Crippen LogP contribution in [-0.2, 0) is 18.0 Å². The number of ether oxygens (including phenoxy) is 1. The van der Waals surface area contributed by atoms with Crippen molar-refractivity contribution in [3.63, 3.8) is 0 Å². The van der Waals surface area contributed by atoms with Crippen LogP contribution in [0.4, 0.5) is 4.79 Å². The average molecular weight is 520 g/mol. The van der Waals surface area contributed by atoms with Crippen molar-refractivity contribution in [1.29, 1.82) is 0 Å². The van der Waals surface area contributed by atoms with Crippen molar-refractivity contribution >= 4 is 14.9 Å². The van der Waals surface area contributed by atoms with Gasteiger partial charge in [-0.15, -0.1) is 0 Å². The largest absolute Gasteiger partial charge is 0.501 e. The Morgan fingerprint density at radius 3 is 1.49 bits per heavy atom. The minimum Gasteiger partial charge on any atom is -0.444 e. The Morgan fingerprint density at radius 1 is 0.629 bits per heavy atom. The van der Waals surface area contributed by atoms with E-state index < -0.39 is 8.80 Å². The summed E-state index contributed by atoms with van der Waals surface area (Å²) in [7, 11) is -2.71. The number of hydrogen-bond donors (Lipinski definition) is 1. The van der Waals surface area contributed by atoms with Crippen LogP contribution in [0.5, 0.6) is 0 Å². The second-order valence-electron chi connectivity index (χ2n) is 9.69. The molecule has 8 heteroatoms. The summed E-state index contributed by atoms with van der Waals surface area (Å²) in [5.74, 6) is 0. The van der Waals surface area contributed by atoms with Gasteiger partial charge in [0.15, 0.2) is 0 Å². The molecule has 0 fully saturated rings. The molecule has 0 radical (unpaired) electrons. The lowest BCUT2D eigenvalue weighted by Crippen LogP contribution is -2.52. The smallest absolute Gasteiger partial charge is 0.444 e. The predicted molar refractivity (Wildman–Crippen MR) is 148 cm³/mol. The maximum atomic E-state index is 12.4. The molecule has 0 aliphatic heterocycles. The average Bonchev–Trinajstić information content (AvgIpc) is 2.87. The van der Waals surface area contributed by atoms with Crippen LogP contribution in [0.2, 0.25) is 6.04 Å². The Labute approximate surface area is 218 Å². The summed E-state index contributed by atoms with van der Waals surface area (Å²) in [5, 5.41) is 2.93. The number of quaternary nitrogens is 1. The Morgan fingerprint density at radius 2 is 1.09 bits per heavy atom. The highest BCUT2D eigenvalue weighted by Crippen LogP contribution is 2.19. The van der Waals surface area contributed by atoms with Crippen LogP contribution in [0, 0.1) is 0 Å². The van der Waals surface area contributed by atoms with Crippen LogP contribution in [0.15, 0.2) is 0 Å². The van der Waals surface area contributed by atoms with Crippen LogP contribution >= 0.6 is 0 Å². The van der Waals surface area contributed by atoms with E-state index in [4.69, 9.17) is 18.0 Å². The predicted octanol–water partition coefficient (Wildman–Crippen LogP) is 6.54. The third-order valence-electron chi connectivity index (χ3n) is 6.26. The Kier molecular flexibility index (Phi) is 22.1. The lowest BCUT2D eigenvalue weighted by Gasteiger charge is -2.39. The number of rotatable bonds is 25. The zero-order valence-corrected chi connectivity index (χ0v) is 25.1. The molecule has 0 bridgehead atoms. The van der Waals surface area contributed by atoms with Crippen LogP contribution in [-0.4, -0.2) is 78.5 Å². The van der Waals surface area contributed by atoms with Crippen molar-refractivity contribution < 1.29 is 27.3 Å². The molecule has 0 heterocycles. The highest BCUT2D eigenvalue weighted by molar-refractivity contribution is 6.60. The van der Waals surface area contributed by atoms with E-state index in [1.165, 1.54) is 58.2 Å². The second-order valence-corrected chi connectivity index (χ2v) is 12.4. The molecular formula is C27H59N2O5Si+. The standard InChI is InChI=1S/C27H58N2O5Si/c1-7-13-18-29(19-14-8-2,20-15-9-3)21-25-31-27(30)28-17-16-26-35(32-22-10-4,33-23-11-5)34-24-12-6/h7-26H2,1-6H3/p+1. The summed E-state index contributed by atoms with van der Waals surface area (Å²) in [5.41, 5.74) is 0. The van der Waals surface area contributed by atoms with Gasteiger partial charge in [0, 0.05) is 32.4 Å². The van der Waals surface area contributed by atoms with E-state index in [1.807, 2.05) is 0 Å². The first-order valence-electron chi connectivity index (χ1n) is 14.6. The minimum atomic E-state index is -2.71. The summed E-state index contributed by atoms with van der Waals surface area (Å²) >= 11 is 0. The highest BCUT2D eigenvalue weighted by Gasteiger charge is 2.40. The Hall–Kier alpha value is -0.673. The molecular weight excluding hydrogens is 460 g/mol. The van der Waals surface area contributed by atoms with E-state index in [2.05, 4.69) is 46.9 Å². The van der Waals surface area contributed by atoms with Crippen molar-refractivity contribution in [3.8, 4) is 0 Å². The van der Waals surface area contributed by atoms with Crippen molar-refractivity contribution in [2.24, 2.45) is 0 Å². The molecule has 0 atom stereocenters. The van der Waals surface area contributed by atoms with Crippen molar-refractivity contribution in [2.45, 2.75) is 112 Å². The van der Waals surface area contributed by atoms with Gasteiger partial charge in [-0.3, -0.25) is 0 Å². The molecule has 0 unspecified atom stereocenters. The molecule has 0 aromatic rings. The third-order valence-corrected chi connectivity index (χ3v) is 9.16. The monoisotopic (exact) mass is 519 g/mol. The van der Waals surface area contributed by atoms with E-state index >= 15 is 0 Å². The fourth-order valence-corrected chi connectivity index (χ4v) is 6.98. The summed E-state index contributed by atoms with van der Waals surface area (Å²) in [6, 6.07) is 0.707. The second kappa shape index (κ2) is 22.5. The molecule has 0 aliphatic rings. The van der Waals surface area contributed by atoms with Gasteiger partial charge in [-0.25, -0.2) is 4.79 Å². The zero-order chi connectivity index (χ0) is 26.3. The molecule has 0 aromatic heterocycles. The molecule has 0 rings (SSSR count). The van der Waals surface area contributed by atoms with E-state index in [0.29, 0.717) is 39.0 Å². The maximum absolute atomic E-state index is 12.4. The van der Waals surface area contributed by atoms with Gasteiger partial charge in [0.25, 0.3) is 0 Å². The van der Waals surface area contributed by atoms with Gasteiger partial charge in [-0.1, -0.05) is 60.8 Å². The maximum Gasteiger partial charge on any atom is 0.501 e. The van der Waals surface area contributed by atoms with Gasteiger partial charge < -0.3 is 27.8 Å². The first kappa shape index (κ1) is 34.3. The lowest BCUT2D eigenvalue weighted by atomic mass is 10.1. The van der Waals surface area contributed by atoms with Gasteiger partial charge in [-0.05, 0) is 44.9 Å². The molecule has 0 saturated heterocycles. The SMILES string of the molecule is CCCC[N+](CCCC)(CCCC)CCOC(=O)NCCC[Si](OCCC)(OCCC)OCCC. The van der Waals surface area contributed by atoms with E-state index in [9.17, 15) is 4.79 Å². The van der Waals surface area contributed by atoms with Crippen molar-refractivity contribution in [2.75, 3.05) is 59.2 Å². The van der Waals surface area contributed by atoms with Crippen LogP contribution < -0.4 is 5.32 Å². The Bertz CT molecular complexity index is 453. The van der Waals surface area contributed by atoms with Gasteiger partial charge >= 0.3 is 14.9 Å². The first-order valence-corrected chi connectivity index (χ1v) is 16.6. The van der Waals surface area contributed by atoms with Gasteiger partial charge in [0.2, 0.25) is 0 Å². The number of carbonyl (C=O) groups is 1. The molecule has 0 saturated carbocycles. The Balaban J connectivity index is 4.69. The summed E-state index contributed by atoms with van der Waals surface area (Å²) in [6.07, 6.45) is 10.5. The van der Waals surface area contributed by atoms with Crippen LogP contribution in [0.3, 0.4) is 0 Å². The topological polar surface area (TPSA) is 66.0 Å². The summed E-state index contributed by atoms with van der Waals surface area (Å²) in [6.45, 7) is 20.4. The van der Waals surface area contributed by atoms with Crippen LogP contribution in [0.25, 0.3) is 0 Å². The molecule has 35 heavy (non-hydrogen) atoms.